The summed E-state index contributed by atoms with van der Waals surface area (Å²) in [5.74, 6) is -4.31. The van der Waals surface area contributed by atoms with E-state index >= 15 is 0 Å². The van der Waals surface area contributed by atoms with Gasteiger partial charge in [-0.15, -0.1) is 0 Å². The van der Waals surface area contributed by atoms with Gasteiger partial charge in [0.2, 0.25) is 0 Å². The first-order valence-corrected chi connectivity index (χ1v) is 7.29. The molecule has 0 aliphatic heterocycles. The molecule has 0 heterocycles. The summed E-state index contributed by atoms with van der Waals surface area (Å²) in [6, 6.07) is -0.0669. The maximum Gasteiger partial charge on any atom is 0.315 e. The Bertz CT molecular complexity index is 475. The van der Waals surface area contributed by atoms with Gasteiger partial charge in [0.05, 0.1) is 12.6 Å². The third-order valence-corrected chi connectivity index (χ3v) is 3.21. The number of carbonyl (C=O) groups is 1. The number of unbranched alkanes of at least 4 members (excludes halogenated alkanes) is 3. The van der Waals surface area contributed by atoms with Crippen LogP contribution in [0.25, 0.3) is 0 Å². The van der Waals surface area contributed by atoms with E-state index in [9.17, 15) is 23.1 Å². The number of aliphatic hydroxyl groups excluding tert-OH is 1. The van der Waals surface area contributed by atoms with Gasteiger partial charge in [-0.25, -0.2) is 18.0 Å². The first kappa shape index (κ1) is 18.3. The SMILES string of the molecule is CCCCCCNC(=O)NC(CO)c1cc(F)c(F)c(F)c1. The first-order valence-electron chi connectivity index (χ1n) is 7.29. The molecule has 2 amide bonds. The number of carbonyl (C=O) groups excluding carboxylic acids is 1. The highest BCUT2D eigenvalue weighted by Gasteiger charge is 2.18. The number of halogens is 3. The molecule has 0 aromatic heterocycles. The van der Waals surface area contributed by atoms with E-state index in [1.165, 1.54) is 0 Å². The number of aliphatic hydroxyl groups is 1. The number of nitrogens with one attached hydrogen (secondary N) is 2. The minimum absolute atomic E-state index is 0.0416. The average molecular weight is 318 g/mol. The lowest BCUT2D eigenvalue weighted by atomic mass is 10.1. The smallest absolute Gasteiger partial charge is 0.315 e. The lowest BCUT2D eigenvalue weighted by Crippen LogP contribution is -2.39. The number of rotatable bonds is 8. The Kier molecular flexibility index (Phi) is 7.73. The normalized spacial score (nSPS) is 12.0. The number of benzene rings is 1. The summed E-state index contributed by atoms with van der Waals surface area (Å²) in [7, 11) is 0. The topological polar surface area (TPSA) is 61.4 Å². The van der Waals surface area contributed by atoms with Gasteiger partial charge in [-0.1, -0.05) is 26.2 Å². The zero-order chi connectivity index (χ0) is 16.5. The molecule has 7 heteroatoms. The second kappa shape index (κ2) is 9.30. The number of hydrogen-bond acceptors (Lipinski definition) is 2. The molecule has 0 spiro atoms. The monoisotopic (exact) mass is 318 g/mol. The van der Waals surface area contributed by atoms with E-state index in [2.05, 4.69) is 17.6 Å². The van der Waals surface area contributed by atoms with Crippen molar-refractivity contribution in [1.29, 1.82) is 0 Å². The van der Waals surface area contributed by atoms with Gasteiger partial charge in [-0.3, -0.25) is 0 Å². The zero-order valence-corrected chi connectivity index (χ0v) is 12.5. The third kappa shape index (κ3) is 5.55. The van der Waals surface area contributed by atoms with Crippen LogP contribution in [0, 0.1) is 17.5 Å². The first-order chi connectivity index (χ1) is 10.5. The Morgan fingerprint density at radius 1 is 1.18 bits per heavy atom. The minimum Gasteiger partial charge on any atom is -0.394 e. The summed E-state index contributed by atoms with van der Waals surface area (Å²) in [5.41, 5.74) is -0.0416. The second-order valence-corrected chi connectivity index (χ2v) is 4.99. The fourth-order valence-electron chi connectivity index (χ4n) is 1.97. The van der Waals surface area contributed by atoms with Crippen molar-refractivity contribution in [2.45, 2.75) is 38.6 Å². The predicted molar refractivity (Wildman–Crippen MR) is 76.8 cm³/mol. The highest BCUT2D eigenvalue weighted by Crippen LogP contribution is 2.19. The molecule has 0 aliphatic carbocycles. The molecule has 1 unspecified atom stereocenters. The minimum atomic E-state index is -1.58. The van der Waals surface area contributed by atoms with Crippen molar-refractivity contribution in [2.24, 2.45) is 0 Å². The summed E-state index contributed by atoms with van der Waals surface area (Å²) < 4.78 is 39.2. The number of urea groups is 1. The van der Waals surface area contributed by atoms with Gasteiger partial charge in [0.25, 0.3) is 0 Å². The number of amides is 2. The molecule has 3 N–H and O–H groups in total. The fraction of sp³-hybridized carbons (Fsp3) is 0.533. The van der Waals surface area contributed by atoms with E-state index in [-0.39, 0.29) is 5.56 Å². The lowest BCUT2D eigenvalue weighted by Gasteiger charge is -2.17. The van der Waals surface area contributed by atoms with Gasteiger partial charge in [0, 0.05) is 6.54 Å². The molecule has 0 radical (unpaired) electrons. The van der Waals surface area contributed by atoms with E-state index in [0.717, 1.165) is 37.8 Å². The standard InChI is InChI=1S/C15H21F3N2O2/c1-2-3-4-5-6-19-15(22)20-13(9-21)10-7-11(16)14(18)12(17)8-10/h7-8,13,21H,2-6,9H2,1H3,(H2,19,20,22). The van der Waals surface area contributed by atoms with Crippen molar-refractivity contribution in [1.82, 2.24) is 10.6 Å². The molecule has 0 saturated heterocycles. The summed E-state index contributed by atoms with van der Waals surface area (Å²) >= 11 is 0. The van der Waals surface area contributed by atoms with Crippen LogP contribution in [-0.2, 0) is 0 Å². The lowest BCUT2D eigenvalue weighted by molar-refractivity contribution is 0.216. The highest BCUT2D eigenvalue weighted by molar-refractivity contribution is 5.74. The van der Waals surface area contributed by atoms with Crippen molar-refractivity contribution in [3.05, 3.63) is 35.1 Å². The fourth-order valence-corrected chi connectivity index (χ4v) is 1.97. The van der Waals surface area contributed by atoms with E-state index < -0.39 is 36.1 Å². The zero-order valence-electron chi connectivity index (χ0n) is 12.5. The molecule has 22 heavy (non-hydrogen) atoms. The summed E-state index contributed by atoms with van der Waals surface area (Å²) in [6.45, 7) is 1.98. The second-order valence-electron chi connectivity index (χ2n) is 4.99. The molecule has 1 aromatic rings. The van der Waals surface area contributed by atoms with Gasteiger partial charge >= 0.3 is 6.03 Å². The van der Waals surface area contributed by atoms with Gasteiger partial charge in [0.1, 0.15) is 0 Å². The van der Waals surface area contributed by atoms with Crippen LogP contribution in [-0.4, -0.2) is 24.3 Å². The van der Waals surface area contributed by atoms with Crippen molar-refractivity contribution in [3.63, 3.8) is 0 Å². The maximum atomic E-state index is 13.2. The van der Waals surface area contributed by atoms with E-state index in [1.807, 2.05) is 0 Å². The van der Waals surface area contributed by atoms with Crippen molar-refractivity contribution < 1.29 is 23.1 Å². The van der Waals surface area contributed by atoms with Crippen molar-refractivity contribution >= 4 is 6.03 Å². The van der Waals surface area contributed by atoms with Crippen molar-refractivity contribution in [2.75, 3.05) is 13.2 Å². The summed E-state index contributed by atoms with van der Waals surface area (Å²) in [6.07, 6.45) is 3.98. The molecule has 1 rings (SSSR count). The largest absolute Gasteiger partial charge is 0.394 e. The van der Waals surface area contributed by atoms with Crippen LogP contribution in [0.2, 0.25) is 0 Å². The molecular weight excluding hydrogens is 297 g/mol. The van der Waals surface area contributed by atoms with Crippen LogP contribution in [0.3, 0.4) is 0 Å². The molecule has 0 saturated carbocycles. The highest BCUT2D eigenvalue weighted by atomic mass is 19.2. The molecule has 4 nitrogen and oxygen atoms in total. The summed E-state index contributed by atoms with van der Waals surface area (Å²) in [4.78, 5) is 11.7. The van der Waals surface area contributed by atoms with Gasteiger partial charge in [-0.05, 0) is 24.1 Å². The summed E-state index contributed by atoms with van der Waals surface area (Å²) in [5, 5.41) is 14.2. The Hall–Kier alpha value is -1.76. The van der Waals surface area contributed by atoms with Crippen LogP contribution in [0.5, 0.6) is 0 Å². The maximum absolute atomic E-state index is 13.2. The third-order valence-electron chi connectivity index (χ3n) is 3.21. The predicted octanol–water partition coefficient (Wildman–Crippen LogP) is 3.02. The van der Waals surface area contributed by atoms with E-state index in [1.54, 1.807) is 0 Å². The Labute approximate surface area is 127 Å². The Morgan fingerprint density at radius 2 is 1.82 bits per heavy atom. The molecule has 1 aromatic carbocycles. The van der Waals surface area contributed by atoms with Gasteiger partial charge in [-0.2, -0.15) is 0 Å². The molecule has 0 bridgehead atoms. The van der Waals surface area contributed by atoms with Crippen LogP contribution in [0.15, 0.2) is 12.1 Å². The molecule has 0 fully saturated rings. The molecular formula is C15H21F3N2O2. The molecule has 1 atom stereocenters. The quantitative estimate of drug-likeness (QED) is 0.510. The molecule has 124 valence electrons. The van der Waals surface area contributed by atoms with Crippen LogP contribution in [0.1, 0.15) is 44.2 Å². The van der Waals surface area contributed by atoms with Crippen LogP contribution in [0.4, 0.5) is 18.0 Å². The molecule has 0 aliphatic rings. The Balaban J connectivity index is 2.56. The van der Waals surface area contributed by atoms with Crippen molar-refractivity contribution in [3.8, 4) is 0 Å². The van der Waals surface area contributed by atoms with E-state index in [0.29, 0.717) is 6.54 Å². The van der Waals surface area contributed by atoms with E-state index in [4.69, 9.17) is 0 Å². The number of hydrogen-bond donors (Lipinski definition) is 3. The van der Waals surface area contributed by atoms with Crippen LogP contribution < -0.4 is 10.6 Å². The average Bonchev–Trinajstić information content (AvgIpc) is 2.49. The van der Waals surface area contributed by atoms with Gasteiger partial charge < -0.3 is 15.7 Å². The van der Waals surface area contributed by atoms with Gasteiger partial charge in [0.15, 0.2) is 17.5 Å². The Morgan fingerprint density at radius 3 is 2.36 bits per heavy atom. The van der Waals surface area contributed by atoms with Crippen LogP contribution >= 0.6 is 0 Å².